The van der Waals surface area contributed by atoms with Gasteiger partial charge in [-0.15, -0.1) is 0 Å². The SMILES string of the molecule is O=C(O)C(=O)O.c1ccc2c(N3CCN(CCCOc4nc(-c5ncon5)cs4)CC3)nsc2c1. The van der Waals surface area contributed by atoms with Crippen molar-refractivity contribution in [2.75, 3.05) is 44.2 Å². The number of hydrogen-bond donors (Lipinski definition) is 2. The van der Waals surface area contributed by atoms with Gasteiger partial charge in [0.15, 0.2) is 0 Å². The van der Waals surface area contributed by atoms with E-state index in [0.29, 0.717) is 23.3 Å². The Morgan fingerprint density at radius 1 is 1.11 bits per heavy atom. The van der Waals surface area contributed by atoms with Gasteiger partial charge in [-0.1, -0.05) is 28.6 Å². The molecule has 1 aliphatic rings. The second-order valence-corrected chi connectivity index (χ2v) is 9.02. The van der Waals surface area contributed by atoms with E-state index in [0.717, 1.165) is 45.0 Å². The molecule has 0 amide bonds. The molecule has 0 spiro atoms. The largest absolute Gasteiger partial charge is 0.473 e. The van der Waals surface area contributed by atoms with E-state index in [-0.39, 0.29) is 0 Å². The molecule has 0 atom stereocenters. The summed E-state index contributed by atoms with van der Waals surface area (Å²) in [6.07, 6.45) is 2.27. The highest BCUT2D eigenvalue weighted by atomic mass is 32.1. The van der Waals surface area contributed by atoms with Crippen molar-refractivity contribution >= 4 is 50.7 Å². The van der Waals surface area contributed by atoms with Crippen LogP contribution >= 0.6 is 22.9 Å². The van der Waals surface area contributed by atoms with Crippen LogP contribution in [0.25, 0.3) is 21.6 Å². The van der Waals surface area contributed by atoms with Crippen LogP contribution in [-0.4, -0.2) is 85.9 Å². The molecule has 1 aromatic carbocycles. The number of aliphatic carboxylic acids is 2. The van der Waals surface area contributed by atoms with Gasteiger partial charge >= 0.3 is 11.9 Å². The van der Waals surface area contributed by atoms with Gasteiger partial charge in [0, 0.05) is 43.5 Å². The molecule has 1 fully saturated rings. The molecule has 0 aliphatic carbocycles. The Balaban J connectivity index is 0.000000431. The van der Waals surface area contributed by atoms with Crippen LogP contribution in [0.1, 0.15) is 6.42 Å². The second-order valence-electron chi connectivity index (χ2n) is 7.40. The number of carboxylic acids is 2. The fourth-order valence-electron chi connectivity index (χ4n) is 3.44. The van der Waals surface area contributed by atoms with Gasteiger partial charge in [-0.25, -0.2) is 9.59 Å². The Labute approximate surface area is 207 Å². The fourth-order valence-corrected chi connectivity index (χ4v) is 4.91. The minimum absolute atomic E-state index is 0.488. The lowest BCUT2D eigenvalue weighted by atomic mass is 10.2. The summed E-state index contributed by atoms with van der Waals surface area (Å²) in [5, 5.41) is 22.4. The highest BCUT2D eigenvalue weighted by molar-refractivity contribution is 7.13. The van der Waals surface area contributed by atoms with Crippen LogP contribution in [0.5, 0.6) is 5.19 Å². The number of carboxylic acid groups (broad SMARTS) is 2. The number of nitrogens with zero attached hydrogens (tertiary/aromatic N) is 6. The Hall–Kier alpha value is -3.62. The van der Waals surface area contributed by atoms with Crippen LogP contribution in [0.4, 0.5) is 5.82 Å². The highest BCUT2D eigenvalue weighted by Gasteiger charge is 2.20. The average Bonchev–Trinajstić information content (AvgIpc) is 3.63. The van der Waals surface area contributed by atoms with Crippen molar-refractivity contribution in [3.8, 4) is 16.7 Å². The fraction of sp³-hybridized carbons (Fsp3) is 0.333. The first kappa shape index (κ1) is 24.5. The highest BCUT2D eigenvalue weighted by Crippen LogP contribution is 2.30. The number of aromatic nitrogens is 4. The number of rotatable bonds is 7. The summed E-state index contributed by atoms with van der Waals surface area (Å²) >= 11 is 3.04. The predicted octanol–water partition coefficient (Wildman–Crippen LogP) is 2.55. The van der Waals surface area contributed by atoms with Crippen molar-refractivity contribution in [3.63, 3.8) is 0 Å². The summed E-state index contributed by atoms with van der Waals surface area (Å²) in [5.41, 5.74) is 0.685. The van der Waals surface area contributed by atoms with Gasteiger partial charge in [-0.3, -0.25) is 4.90 Å². The van der Waals surface area contributed by atoms with Gasteiger partial charge in [-0.2, -0.15) is 14.3 Å². The zero-order valence-electron chi connectivity index (χ0n) is 18.4. The lowest BCUT2D eigenvalue weighted by molar-refractivity contribution is -0.159. The van der Waals surface area contributed by atoms with E-state index in [9.17, 15) is 0 Å². The van der Waals surface area contributed by atoms with Crippen LogP contribution in [0.2, 0.25) is 0 Å². The molecule has 1 saturated heterocycles. The van der Waals surface area contributed by atoms with E-state index in [1.54, 1.807) is 11.5 Å². The Morgan fingerprint density at radius 2 is 1.89 bits per heavy atom. The molecule has 184 valence electrons. The molecule has 2 N–H and O–H groups in total. The number of hydrogen-bond acceptors (Lipinski definition) is 12. The molecule has 12 nitrogen and oxygen atoms in total. The first-order valence-electron chi connectivity index (χ1n) is 10.6. The van der Waals surface area contributed by atoms with E-state index in [4.69, 9.17) is 29.1 Å². The number of anilines is 1. The second kappa shape index (κ2) is 11.7. The molecule has 4 aromatic rings. The molecule has 35 heavy (non-hydrogen) atoms. The Kier molecular flexibility index (Phi) is 8.18. The van der Waals surface area contributed by atoms with Crippen LogP contribution < -0.4 is 9.64 Å². The molecule has 0 saturated carbocycles. The zero-order chi connectivity index (χ0) is 24.6. The quantitative estimate of drug-likeness (QED) is 0.273. The third-order valence-electron chi connectivity index (χ3n) is 5.13. The number of ether oxygens (including phenoxy) is 1. The van der Waals surface area contributed by atoms with Gasteiger partial charge in [-0.05, 0) is 30.1 Å². The summed E-state index contributed by atoms with van der Waals surface area (Å²) < 4.78 is 16.5. The van der Waals surface area contributed by atoms with E-state index in [1.807, 2.05) is 5.38 Å². The van der Waals surface area contributed by atoms with Gasteiger partial charge < -0.3 is 24.4 Å². The molecule has 1 aliphatic heterocycles. The zero-order valence-corrected chi connectivity index (χ0v) is 20.1. The number of piperazine rings is 1. The van der Waals surface area contributed by atoms with Crippen molar-refractivity contribution in [1.82, 2.24) is 24.4 Å². The van der Waals surface area contributed by atoms with Gasteiger partial charge in [0.05, 0.1) is 11.3 Å². The third-order valence-corrected chi connectivity index (χ3v) is 6.70. The minimum Gasteiger partial charge on any atom is -0.473 e. The van der Waals surface area contributed by atoms with Crippen LogP contribution in [-0.2, 0) is 9.59 Å². The van der Waals surface area contributed by atoms with Gasteiger partial charge in [0.1, 0.15) is 11.5 Å². The van der Waals surface area contributed by atoms with Crippen LogP contribution in [0, 0.1) is 0 Å². The molecule has 5 rings (SSSR count). The first-order valence-corrected chi connectivity index (χ1v) is 12.3. The third kappa shape index (κ3) is 6.49. The first-order chi connectivity index (χ1) is 17.0. The van der Waals surface area contributed by atoms with E-state index in [1.165, 1.54) is 27.8 Å². The minimum atomic E-state index is -1.82. The number of carbonyl (C=O) groups is 2. The van der Waals surface area contributed by atoms with Gasteiger partial charge in [0.2, 0.25) is 12.2 Å². The number of thiazole rings is 1. The number of benzene rings is 1. The van der Waals surface area contributed by atoms with Crippen LogP contribution in [0.3, 0.4) is 0 Å². The molecule has 14 heteroatoms. The Bertz CT molecular complexity index is 1240. The predicted molar refractivity (Wildman–Crippen MR) is 129 cm³/mol. The Morgan fingerprint density at radius 3 is 2.60 bits per heavy atom. The summed E-state index contributed by atoms with van der Waals surface area (Å²) in [7, 11) is 0. The molecular formula is C21H22N6O6S2. The van der Waals surface area contributed by atoms with Gasteiger partial charge in [0.25, 0.3) is 5.19 Å². The maximum atomic E-state index is 9.10. The summed E-state index contributed by atoms with van der Waals surface area (Å²) in [4.78, 5) is 31.5. The molecule has 3 aromatic heterocycles. The molecule has 0 radical (unpaired) electrons. The van der Waals surface area contributed by atoms with Crippen molar-refractivity contribution < 1.29 is 29.1 Å². The summed E-state index contributed by atoms with van der Waals surface area (Å²) in [5.74, 6) is -2.03. The standard InChI is InChI=1S/C19H20N6O2S2.C2H2O4/c1-2-5-16-14(4-1)18(23-29-16)25-9-7-24(8-10-25)6-3-11-26-19-21-15(12-28-19)17-20-13-27-22-17;3-1(4)2(5)6/h1-2,4-5,12-13H,3,6-11H2;(H,3,4)(H,5,6). The lowest BCUT2D eigenvalue weighted by Gasteiger charge is -2.35. The number of fused-ring (bicyclic) bond motifs is 1. The van der Waals surface area contributed by atoms with E-state index in [2.05, 4.69) is 53.6 Å². The van der Waals surface area contributed by atoms with Crippen molar-refractivity contribution in [2.24, 2.45) is 0 Å². The normalized spacial score (nSPS) is 13.9. The summed E-state index contributed by atoms with van der Waals surface area (Å²) in [6, 6.07) is 8.47. The maximum Gasteiger partial charge on any atom is 0.414 e. The molecular weight excluding hydrogens is 496 g/mol. The molecule has 4 heterocycles. The molecule has 0 bridgehead atoms. The van der Waals surface area contributed by atoms with Crippen LogP contribution in [0.15, 0.2) is 40.6 Å². The summed E-state index contributed by atoms with van der Waals surface area (Å²) in [6.45, 7) is 5.78. The lowest BCUT2D eigenvalue weighted by Crippen LogP contribution is -2.47. The maximum absolute atomic E-state index is 9.10. The van der Waals surface area contributed by atoms with Crippen molar-refractivity contribution in [1.29, 1.82) is 0 Å². The average molecular weight is 519 g/mol. The monoisotopic (exact) mass is 518 g/mol. The molecule has 0 unspecified atom stereocenters. The topological polar surface area (TPSA) is 155 Å². The van der Waals surface area contributed by atoms with E-state index < -0.39 is 11.9 Å². The van der Waals surface area contributed by atoms with Crippen molar-refractivity contribution in [2.45, 2.75) is 6.42 Å². The van der Waals surface area contributed by atoms with Crippen molar-refractivity contribution in [3.05, 3.63) is 36.0 Å². The van der Waals surface area contributed by atoms with E-state index >= 15 is 0 Å². The smallest absolute Gasteiger partial charge is 0.414 e.